The van der Waals surface area contributed by atoms with Crippen LogP contribution in [0.15, 0.2) is 34.9 Å². The van der Waals surface area contributed by atoms with Crippen molar-refractivity contribution < 1.29 is 4.42 Å². The number of furan rings is 1. The van der Waals surface area contributed by atoms with E-state index in [0.717, 1.165) is 15.0 Å². The van der Waals surface area contributed by atoms with E-state index >= 15 is 0 Å². The quantitative estimate of drug-likeness (QED) is 0.853. The molecule has 17 heavy (non-hydrogen) atoms. The number of rotatable bonds is 4. The molecule has 0 aromatic carbocycles. The van der Waals surface area contributed by atoms with E-state index in [1.165, 1.54) is 11.3 Å². The first-order valence-electron chi connectivity index (χ1n) is 5.21. The van der Waals surface area contributed by atoms with E-state index in [1.54, 1.807) is 6.26 Å². The minimum absolute atomic E-state index is 0.0361. The van der Waals surface area contributed by atoms with Crippen LogP contribution in [0.1, 0.15) is 23.6 Å². The summed E-state index contributed by atoms with van der Waals surface area (Å²) >= 11 is 7.48. The van der Waals surface area contributed by atoms with Gasteiger partial charge in [-0.05, 0) is 31.2 Å². The molecular formula is C13H12ClNOS. The second-order valence-corrected chi connectivity index (χ2v) is 5.39. The van der Waals surface area contributed by atoms with E-state index in [1.807, 2.05) is 31.2 Å². The lowest BCUT2D eigenvalue weighted by Gasteiger charge is -2.17. The highest BCUT2D eigenvalue weighted by Crippen LogP contribution is 2.31. The topological polar surface area (TPSA) is 25.2 Å². The van der Waals surface area contributed by atoms with Gasteiger partial charge >= 0.3 is 0 Å². The molecule has 88 valence electrons. The third-order valence-corrected chi connectivity index (χ3v) is 3.67. The summed E-state index contributed by atoms with van der Waals surface area (Å²) in [6.07, 6.45) is 7.04. The van der Waals surface area contributed by atoms with Gasteiger partial charge in [-0.15, -0.1) is 17.8 Å². The summed E-state index contributed by atoms with van der Waals surface area (Å²) < 4.78 is 6.19. The van der Waals surface area contributed by atoms with E-state index < -0.39 is 0 Å². The zero-order valence-corrected chi connectivity index (χ0v) is 10.9. The van der Waals surface area contributed by atoms with Crippen LogP contribution in [-0.2, 0) is 0 Å². The van der Waals surface area contributed by atoms with Gasteiger partial charge in [0.25, 0.3) is 0 Å². The molecule has 0 radical (unpaired) electrons. The Balaban J connectivity index is 2.28. The van der Waals surface area contributed by atoms with Gasteiger partial charge in [0.1, 0.15) is 11.8 Å². The molecule has 2 atom stereocenters. The van der Waals surface area contributed by atoms with Crippen molar-refractivity contribution in [3.8, 4) is 12.3 Å². The van der Waals surface area contributed by atoms with E-state index in [0.29, 0.717) is 0 Å². The van der Waals surface area contributed by atoms with Crippen molar-refractivity contribution in [2.24, 2.45) is 0 Å². The standard InChI is InChI=1S/C13H12ClNOS/c1-3-9(2)15-13(10-5-4-8-16-10)11-6-7-12(14)17-11/h1,4-9,13,15H,2H3. The molecule has 0 aliphatic carbocycles. The molecule has 2 rings (SSSR count). The average Bonchev–Trinajstić information content (AvgIpc) is 2.96. The molecule has 0 aliphatic rings. The molecule has 0 fully saturated rings. The number of thiophene rings is 1. The SMILES string of the molecule is C#CC(C)NC(c1ccco1)c1ccc(Cl)s1. The van der Waals surface area contributed by atoms with E-state index in [-0.39, 0.29) is 12.1 Å². The predicted molar refractivity (Wildman–Crippen MR) is 71.3 cm³/mol. The first-order chi connectivity index (χ1) is 8.20. The van der Waals surface area contributed by atoms with Gasteiger partial charge in [0.2, 0.25) is 0 Å². The molecule has 0 aliphatic heterocycles. The van der Waals surface area contributed by atoms with Crippen molar-refractivity contribution in [3.05, 3.63) is 45.5 Å². The maximum atomic E-state index is 5.96. The zero-order valence-electron chi connectivity index (χ0n) is 9.31. The van der Waals surface area contributed by atoms with Crippen LogP contribution in [0.2, 0.25) is 4.34 Å². The Bertz CT molecular complexity index is 512. The molecule has 2 heterocycles. The average molecular weight is 266 g/mol. The van der Waals surface area contributed by atoms with Gasteiger partial charge in [-0.25, -0.2) is 0 Å². The third-order valence-electron chi connectivity index (χ3n) is 2.37. The van der Waals surface area contributed by atoms with Gasteiger partial charge in [-0.1, -0.05) is 17.5 Å². The first-order valence-corrected chi connectivity index (χ1v) is 6.41. The van der Waals surface area contributed by atoms with Crippen LogP contribution in [0.4, 0.5) is 0 Å². The zero-order chi connectivity index (χ0) is 12.3. The molecule has 0 saturated carbocycles. The van der Waals surface area contributed by atoms with Gasteiger partial charge in [0.15, 0.2) is 0 Å². The van der Waals surface area contributed by atoms with Crippen LogP contribution in [0.25, 0.3) is 0 Å². The lowest BCUT2D eigenvalue weighted by molar-refractivity contribution is 0.441. The summed E-state index contributed by atoms with van der Waals surface area (Å²) in [5.41, 5.74) is 0. The van der Waals surface area contributed by atoms with Crippen molar-refractivity contribution in [3.63, 3.8) is 0 Å². The van der Waals surface area contributed by atoms with Gasteiger partial charge in [-0.3, -0.25) is 5.32 Å². The number of halogens is 1. The Morgan fingerprint density at radius 3 is 2.82 bits per heavy atom. The fraction of sp³-hybridized carbons (Fsp3) is 0.231. The largest absolute Gasteiger partial charge is 0.467 e. The Morgan fingerprint density at radius 1 is 1.47 bits per heavy atom. The maximum Gasteiger partial charge on any atom is 0.126 e. The lowest BCUT2D eigenvalue weighted by atomic mass is 10.1. The first kappa shape index (κ1) is 12.3. The summed E-state index contributed by atoms with van der Waals surface area (Å²) in [7, 11) is 0. The van der Waals surface area contributed by atoms with Gasteiger partial charge in [0, 0.05) is 4.88 Å². The van der Waals surface area contributed by atoms with Crippen LogP contribution in [0.3, 0.4) is 0 Å². The minimum atomic E-state index is -0.0476. The highest BCUT2D eigenvalue weighted by molar-refractivity contribution is 7.16. The van der Waals surface area contributed by atoms with Crippen molar-refractivity contribution >= 4 is 22.9 Å². The number of nitrogens with one attached hydrogen (secondary N) is 1. The Hall–Kier alpha value is -1.21. The Kier molecular flexibility index (Phi) is 3.90. The van der Waals surface area contributed by atoms with Crippen LogP contribution >= 0.6 is 22.9 Å². The highest BCUT2D eigenvalue weighted by Gasteiger charge is 2.19. The summed E-state index contributed by atoms with van der Waals surface area (Å²) in [5.74, 6) is 3.49. The van der Waals surface area contributed by atoms with Crippen molar-refractivity contribution in [2.75, 3.05) is 0 Å². The highest BCUT2D eigenvalue weighted by atomic mass is 35.5. The molecule has 0 bridgehead atoms. The van der Waals surface area contributed by atoms with E-state index in [9.17, 15) is 0 Å². The molecule has 1 N–H and O–H groups in total. The van der Waals surface area contributed by atoms with Crippen molar-refractivity contribution in [1.29, 1.82) is 0 Å². The molecular weight excluding hydrogens is 254 g/mol. The van der Waals surface area contributed by atoms with Crippen molar-refractivity contribution in [2.45, 2.75) is 19.0 Å². The van der Waals surface area contributed by atoms with E-state index in [2.05, 4.69) is 11.2 Å². The number of hydrogen-bond acceptors (Lipinski definition) is 3. The van der Waals surface area contributed by atoms with Crippen LogP contribution in [0, 0.1) is 12.3 Å². The van der Waals surface area contributed by atoms with Crippen LogP contribution < -0.4 is 5.32 Å². The van der Waals surface area contributed by atoms with Gasteiger partial charge < -0.3 is 4.42 Å². The van der Waals surface area contributed by atoms with Crippen LogP contribution in [-0.4, -0.2) is 6.04 Å². The molecule has 2 aromatic rings. The molecule has 2 aromatic heterocycles. The van der Waals surface area contributed by atoms with Crippen molar-refractivity contribution in [1.82, 2.24) is 5.32 Å². The summed E-state index contributed by atoms with van der Waals surface area (Å²) in [5, 5.41) is 3.32. The van der Waals surface area contributed by atoms with Gasteiger partial charge in [0.05, 0.1) is 16.6 Å². The fourth-order valence-corrected chi connectivity index (χ4v) is 2.67. The molecule has 0 saturated heterocycles. The maximum absolute atomic E-state index is 5.96. The minimum Gasteiger partial charge on any atom is -0.467 e. The monoisotopic (exact) mass is 265 g/mol. The Labute approximate surface area is 110 Å². The number of hydrogen-bond donors (Lipinski definition) is 1. The smallest absolute Gasteiger partial charge is 0.126 e. The van der Waals surface area contributed by atoms with E-state index in [4.69, 9.17) is 22.4 Å². The third kappa shape index (κ3) is 2.92. The molecule has 0 spiro atoms. The Morgan fingerprint density at radius 2 is 2.29 bits per heavy atom. The van der Waals surface area contributed by atoms with Gasteiger partial charge in [-0.2, -0.15) is 0 Å². The fourth-order valence-electron chi connectivity index (χ4n) is 1.54. The summed E-state index contributed by atoms with van der Waals surface area (Å²) in [6.45, 7) is 1.94. The molecule has 2 unspecified atom stereocenters. The van der Waals surface area contributed by atoms with Crippen LogP contribution in [0.5, 0.6) is 0 Å². The summed E-state index contributed by atoms with van der Waals surface area (Å²) in [6, 6.07) is 7.56. The lowest BCUT2D eigenvalue weighted by Crippen LogP contribution is -2.29. The summed E-state index contributed by atoms with van der Waals surface area (Å²) in [4.78, 5) is 1.09. The molecule has 4 heteroatoms. The molecule has 0 amide bonds. The molecule has 2 nitrogen and oxygen atoms in total. The predicted octanol–water partition coefficient (Wildman–Crippen LogP) is 3.70. The number of terminal acetylenes is 1. The second kappa shape index (κ2) is 5.42. The second-order valence-electron chi connectivity index (χ2n) is 3.65. The normalized spacial score (nSPS) is 14.2.